The van der Waals surface area contributed by atoms with Crippen molar-refractivity contribution in [2.45, 2.75) is 58.8 Å². The van der Waals surface area contributed by atoms with Crippen molar-refractivity contribution in [1.82, 2.24) is 4.57 Å². The summed E-state index contributed by atoms with van der Waals surface area (Å²) in [5.41, 5.74) is 4.18. The summed E-state index contributed by atoms with van der Waals surface area (Å²) in [6, 6.07) is 17.6. The molecule has 140 valence electrons. The number of benzene rings is 2. The average Bonchev–Trinajstić information content (AvgIpc) is 3.10. The molecule has 0 spiro atoms. The van der Waals surface area contributed by atoms with Crippen LogP contribution in [0.4, 0.5) is 0 Å². The third-order valence-electron chi connectivity index (χ3n) is 6.04. The highest BCUT2D eigenvalue weighted by atomic mass is 16.7. The molecule has 1 aliphatic heterocycles. The minimum atomic E-state index is -0.318. The quantitative estimate of drug-likeness (QED) is 0.600. The summed E-state index contributed by atoms with van der Waals surface area (Å²) in [6.07, 6.45) is 2.26. The number of hydrogen-bond donors (Lipinski definition) is 0. The van der Waals surface area contributed by atoms with E-state index in [2.05, 4.69) is 101 Å². The molecule has 0 aliphatic carbocycles. The fraction of sp³-hybridized carbons (Fsp3) is 0.391. The highest BCUT2D eigenvalue weighted by Crippen LogP contribution is 2.37. The van der Waals surface area contributed by atoms with Gasteiger partial charge in [-0.15, -0.1) is 0 Å². The lowest BCUT2D eigenvalue weighted by Gasteiger charge is -2.32. The molecule has 1 aromatic heterocycles. The van der Waals surface area contributed by atoms with E-state index >= 15 is 0 Å². The molecule has 4 heteroatoms. The van der Waals surface area contributed by atoms with Crippen molar-refractivity contribution in [2.24, 2.45) is 0 Å². The van der Waals surface area contributed by atoms with E-state index in [9.17, 15) is 0 Å². The number of nitrogens with zero attached hydrogens (tertiary/aromatic N) is 1. The highest BCUT2D eigenvalue weighted by molar-refractivity contribution is 6.62. The van der Waals surface area contributed by atoms with Gasteiger partial charge in [-0.1, -0.05) is 42.5 Å². The molecule has 4 rings (SSSR count). The molecule has 1 aliphatic rings. The molecule has 0 atom stereocenters. The Morgan fingerprint density at radius 1 is 0.852 bits per heavy atom. The van der Waals surface area contributed by atoms with Crippen LogP contribution in [0.3, 0.4) is 0 Å². The van der Waals surface area contributed by atoms with Crippen LogP contribution in [0.15, 0.2) is 54.7 Å². The van der Waals surface area contributed by atoms with Crippen molar-refractivity contribution in [3.8, 4) is 11.1 Å². The number of para-hydroxylation sites is 1. The molecule has 0 bridgehead atoms. The molecule has 0 saturated carbocycles. The number of aromatic nitrogens is 1. The Hall–Kier alpha value is -2.04. The largest absolute Gasteiger partial charge is 0.494 e. The summed E-state index contributed by atoms with van der Waals surface area (Å²) >= 11 is 0. The minimum absolute atomic E-state index is 0.318. The molecule has 0 unspecified atom stereocenters. The standard InChI is InChI=1S/C23H28BNO2/c1-16(2)25-15-20(19-9-7-8-10-21(19)25)17-11-13-18(14-12-17)24-26-22(3,4)23(5,6)27-24/h7-16H,1-6H3. The van der Waals surface area contributed by atoms with Crippen LogP contribution in [-0.2, 0) is 9.31 Å². The zero-order valence-electron chi connectivity index (χ0n) is 17.1. The van der Waals surface area contributed by atoms with Crippen molar-refractivity contribution in [1.29, 1.82) is 0 Å². The molecule has 0 radical (unpaired) electrons. The van der Waals surface area contributed by atoms with Gasteiger partial charge in [0.25, 0.3) is 0 Å². The summed E-state index contributed by atoms with van der Waals surface area (Å²) < 4.78 is 14.7. The normalized spacial score (nSPS) is 18.6. The molecule has 3 nitrogen and oxygen atoms in total. The van der Waals surface area contributed by atoms with Crippen LogP contribution < -0.4 is 5.46 Å². The van der Waals surface area contributed by atoms with Crippen molar-refractivity contribution in [3.63, 3.8) is 0 Å². The van der Waals surface area contributed by atoms with Gasteiger partial charge in [0.2, 0.25) is 0 Å². The van der Waals surface area contributed by atoms with Gasteiger partial charge in [0.05, 0.1) is 11.2 Å². The summed E-state index contributed by atoms with van der Waals surface area (Å²) in [6.45, 7) is 12.8. The molecular formula is C23H28BNO2. The maximum absolute atomic E-state index is 6.18. The van der Waals surface area contributed by atoms with Crippen molar-refractivity contribution in [3.05, 3.63) is 54.7 Å². The first kappa shape index (κ1) is 18.3. The molecular weight excluding hydrogens is 333 g/mol. The van der Waals surface area contributed by atoms with Crippen LogP contribution in [-0.4, -0.2) is 22.9 Å². The van der Waals surface area contributed by atoms with Crippen LogP contribution in [0.1, 0.15) is 47.6 Å². The van der Waals surface area contributed by atoms with Gasteiger partial charge in [0.1, 0.15) is 0 Å². The zero-order chi connectivity index (χ0) is 19.4. The molecule has 1 fully saturated rings. The predicted molar refractivity (Wildman–Crippen MR) is 113 cm³/mol. The monoisotopic (exact) mass is 361 g/mol. The van der Waals surface area contributed by atoms with E-state index in [0.29, 0.717) is 6.04 Å². The van der Waals surface area contributed by atoms with E-state index in [0.717, 1.165) is 5.46 Å². The van der Waals surface area contributed by atoms with Gasteiger partial charge in [0.15, 0.2) is 0 Å². The number of fused-ring (bicyclic) bond motifs is 1. The van der Waals surface area contributed by atoms with E-state index in [1.807, 2.05) is 0 Å². The first-order chi connectivity index (χ1) is 12.7. The molecule has 3 aromatic rings. The second-order valence-electron chi connectivity index (χ2n) is 8.77. The smallest absolute Gasteiger partial charge is 0.399 e. The van der Waals surface area contributed by atoms with E-state index in [-0.39, 0.29) is 18.3 Å². The van der Waals surface area contributed by atoms with E-state index < -0.39 is 0 Å². The predicted octanol–water partition coefficient (Wildman–Crippen LogP) is 5.19. The van der Waals surface area contributed by atoms with Gasteiger partial charge in [-0.05, 0) is 58.6 Å². The fourth-order valence-corrected chi connectivity index (χ4v) is 3.66. The Labute approximate surface area is 162 Å². The van der Waals surface area contributed by atoms with Crippen molar-refractivity contribution in [2.75, 3.05) is 0 Å². The highest BCUT2D eigenvalue weighted by Gasteiger charge is 2.51. The van der Waals surface area contributed by atoms with Crippen molar-refractivity contribution < 1.29 is 9.31 Å². The number of rotatable bonds is 3. The molecule has 1 saturated heterocycles. The van der Waals surface area contributed by atoms with Crippen LogP contribution in [0, 0.1) is 0 Å². The van der Waals surface area contributed by atoms with Crippen molar-refractivity contribution >= 4 is 23.5 Å². The fourth-order valence-electron chi connectivity index (χ4n) is 3.66. The van der Waals surface area contributed by atoms with Gasteiger partial charge in [0, 0.05) is 28.7 Å². The molecule has 2 heterocycles. The Kier molecular flexibility index (Phi) is 4.24. The van der Waals surface area contributed by atoms with E-state index in [1.165, 1.54) is 22.0 Å². The molecule has 0 N–H and O–H groups in total. The third kappa shape index (κ3) is 3.01. The summed E-state index contributed by atoms with van der Waals surface area (Å²) in [5.74, 6) is 0. The second kappa shape index (κ2) is 6.25. The van der Waals surface area contributed by atoms with Gasteiger partial charge < -0.3 is 13.9 Å². The van der Waals surface area contributed by atoms with Gasteiger partial charge in [-0.3, -0.25) is 0 Å². The topological polar surface area (TPSA) is 23.4 Å². The average molecular weight is 361 g/mol. The Balaban J connectivity index is 1.69. The van der Waals surface area contributed by atoms with E-state index in [4.69, 9.17) is 9.31 Å². The minimum Gasteiger partial charge on any atom is -0.399 e. The van der Waals surface area contributed by atoms with Crippen LogP contribution >= 0.6 is 0 Å². The van der Waals surface area contributed by atoms with Crippen LogP contribution in [0.2, 0.25) is 0 Å². The van der Waals surface area contributed by atoms with Gasteiger partial charge >= 0.3 is 7.12 Å². The number of hydrogen-bond acceptors (Lipinski definition) is 2. The maximum Gasteiger partial charge on any atom is 0.494 e. The lowest BCUT2D eigenvalue weighted by molar-refractivity contribution is 0.00578. The second-order valence-corrected chi connectivity index (χ2v) is 8.77. The Morgan fingerprint density at radius 2 is 1.44 bits per heavy atom. The van der Waals surface area contributed by atoms with Gasteiger partial charge in [-0.2, -0.15) is 0 Å². The molecule has 27 heavy (non-hydrogen) atoms. The summed E-state index contributed by atoms with van der Waals surface area (Å²) in [4.78, 5) is 0. The van der Waals surface area contributed by atoms with Crippen LogP contribution in [0.5, 0.6) is 0 Å². The summed E-state index contributed by atoms with van der Waals surface area (Å²) in [7, 11) is -0.318. The maximum atomic E-state index is 6.18. The third-order valence-corrected chi connectivity index (χ3v) is 6.04. The molecule has 2 aromatic carbocycles. The first-order valence-corrected chi connectivity index (χ1v) is 9.75. The molecule has 0 amide bonds. The van der Waals surface area contributed by atoms with E-state index in [1.54, 1.807) is 0 Å². The first-order valence-electron chi connectivity index (χ1n) is 9.75. The zero-order valence-corrected chi connectivity index (χ0v) is 17.1. The lowest BCUT2D eigenvalue weighted by atomic mass is 9.78. The summed E-state index contributed by atoms with van der Waals surface area (Å²) in [5, 5.41) is 1.29. The SMILES string of the molecule is CC(C)n1cc(-c2ccc(B3OC(C)(C)C(C)(C)O3)cc2)c2ccccc21. The Bertz CT molecular complexity index is 954. The lowest BCUT2D eigenvalue weighted by Crippen LogP contribution is -2.41. The Morgan fingerprint density at radius 3 is 2.04 bits per heavy atom. The van der Waals surface area contributed by atoms with Gasteiger partial charge in [-0.25, -0.2) is 0 Å². The van der Waals surface area contributed by atoms with Crippen LogP contribution in [0.25, 0.3) is 22.0 Å².